The molecule has 0 aliphatic carbocycles. The summed E-state index contributed by atoms with van der Waals surface area (Å²) in [6.45, 7) is 6.99. The summed E-state index contributed by atoms with van der Waals surface area (Å²) < 4.78 is 14.7. The van der Waals surface area contributed by atoms with Crippen molar-refractivity contribution in [1.29, 1.82) is 0 Å². The highest BCUT2D eigenvalue weighted by atomic mass is 79.9. The predicted molar refractivity (Wildman–Crippen MR) is 140 cm³/mol. The molecule has 0 unspecified atom stereocenters. The van der Waals surface area contributed by atoms with E-state index < -0.39 is 0 Å². The highest BCUT2D eigenvalue weighted by molar-refractivity contribution is 9.10. The number of carbonyl (C=O) groups excluding carboxylic acids is 2. The minimum atomic E-state index is -0.213. The standard InChI is InChI=1S/C10H14BrN3O.C7H9BrN2O.C5H13NO2/c1-4-14-10(11)8(7-12-14)9(15)5-6-13(2)3;1-3-10-7(8)6(4-9-10)5(2)11;1-6(2)5(7-3)8-4/h5-7H,4H2,1-3H3;4H,3H2,1-2H3;5H,1-4H3/b6-5+;;. The number of aryl methyl sites for hydroxylation is 2. The molecule has 0 aliphatic heterocycles. The van der Waals surface area contributed by atoms with Crippen LogP contribution in [0.4, 0.5) is 0 Å². The van der Waals surface area contributed by atoms with E-state index in [0.717, 1.165) is 22.3 Å². The molecule has 0 spiro atoms. The Kier molecular flexibility index (Phi) is 15.8. The summed E-state index contributed by atoms with van der Waals surface area (Å²) >= 11 is 6.64. The molecule has 2 heterocycles. The van der Waals surface area contributed by atoms with Gasteiger partial charge in [-0.25, -0.2) is 0 Å². The molecule has 0 amide bonds. The average molecular weight is 608 g/mol. The van der Waals surface area contributed by atoms with Gasteiger partial charge in [-0.15, -0.1) is 0 Å². The van der Waals surface area contributed by atoms with Crippen molar-refractivity contribution in [2.75, 3.05) is 42.4 Å². The maximum Gasteiger partial charge on any atom is 0.217 e. The zero-order valence-corrected chi connectivity index (χ0v) is 24.5. The number of nitrogens with zero attached hydrogens (tertiary/aromatic N) is 6. The zero-order valence-electron chi connectivity index (χ0n) is 21.4. The molecule has 0 fully saturated rings. The number of ketones is 2. The van der Waals surface area contributed by atoms with Crippen molar-refractivity contribution in [3.8, 4) is 0 Å². The van der Waals surface area contributed by atoms with Gasteiger partial charge in [0.1, 0.15) is 9.21 Å². The van der Waals surface area contributed by atoms with Gasteiger partial charge in [0.15, 0.2) is 11.6 Å². The first kappa shape index (κ1) is 32.1. The van der Waals surface area contributed by atoms with E-state index in [0.29, 0.717) is 11.1 Å². The summed E-state index contributed by atoms with van der Waals surface area (Å²) in [5.74, 6) is -0.00755. The lowest BCUT2D eigenvalue weighted by atomic mass is 10.2. The van der Waals surface area contributed by atoms with E-state index in [1.165, 1.54) is 13.0 Å². The van der Waals surface area contributed by atoms with Gasteiger partial charge < -0.3 is 14.4 Å². The number of hydrogen-bond acceptors (Lipinski definition) is 8. The second kappa shape index (κ2) is 16.7. The molecule has 0 N–H and O–H groups in total. The van der Waals surface area contributed by atoms with Crippen LogP contribution in [0.1, 0.15) is 41.5 Å². The van der Waals surface area contributed by atoms with Crippen molar-refractivity contribution in [2.45, 2.75) is 40.3 Å². The van der Waals surface area contributed by atoms with Crippen molar-refractivity contribution < 1.29 is 19.1 Å². The van der Waals surface area contributed by atoms with Crippen LogP contribution >= 0.6 is 31.9 Å². The summed E-state index contributed by atoms with van der Waals surface area (Å²) in [5, 5.41) is 8.09. The molecule has 0 aromatic carbocycles. The molecule has 0 aliphatic rings. The van der Waals surface area contributed by atoms with Crippen LogP contribution in [0.3, 0.4) is 0 Å². The highest BCUT2D eigenvalue weighted by Crippen LogP contribution is 2.17. The first-order chi connectivity index (χ1) is 15.9. The van der Waals surface area contributed by atoms with Crippen LogP contribution in [0.25, 0.3) is 0 Å². The molecule has 34 heavy (non-hydrogen) atoms. The predicted octanol–water partition coefficient (Wildman–Crippen LogP) is 3.92. The highest BCUT2D eigenvalue weighted by Gasteiger charge is 2.12. The molecule has 0 saturated carbocycles. The van der Waals surface area contributed by atoms with Crippen molar-refractivity contribution in [1.82, 2.24) is 29.4 Å². The third-order valence-corrected chi connectivity index (χ3v) is 5.82. The maximum absolute atomic E-state index is 11.7. The normalized spacial score (nSPS) is 10.7. The quantitative estimate of drug-likeness (QED) is 0.241. The van der Waals surface area contributed by atoms with E-state index in [2.05, 4.69) is 42.1 Å². The van der Waals surface area contributed by atoms with Gasteiger partial charge in [0.25, 0.3) is 0 Å². The van der Waals surface area contributed by atoms with E-state index in [-0.39, 0.29) is 18.0 Å². The Morgan fingerprint density at radius 1 is 0.971 bits per heavy atom. The second-order valence-corrected chi connectivity index (χ2v) is 8.77. The van der Waals surface area contributed by atoms with Gasteiger partial charge in [-0.1, -0.05) is 0 Å². The lowest BCUT2D eigenvalue weighted by molar-refractivity contribution is -0.179. The number of hydrogen-bond donors (Lipinski definition) is 0. The van der Waals surface area contributed by atoms with Crippen LogP contribution in [0.5, 0.6) is 0 Å². The Morgan fingerprint density at radius 3 is 1.68 bits per heavy atom. The molecule has 0 bridgehead atoms. The van der Waals surface area contributed by atoms with Gasteiger partial charge in [0.05, 0.1) is 23.5 Å². The Bertz CT molecular complexity index is 921. The molecule has 12 heteroatoms. The SMILES string of the molecule is CCn1ncc(C(=O)/C=C/N(C)C)c1Br.CCn1ncc(C(C)=O)c1Br.COC(OC)N(C)C. The molecule has 0 saturated heterocycles. The van der Waals surface area contributed by atoms with Crippen LogP contribution in [0, 0.1) is 0 Å². The van der Waals surface area contributed by atoms with Gasteiger partial charge in [-0.2, -0.15) is 10.2 Å². The van der Waals surface area contributed by atoms with Gasteiger partial charge in [-0.05, 0) is 66.7 Å². The maximum atomic E-state index is 11.7. The second-order valence-electron chi connectivity index (χ2n) is 7.27. The topological polar surface area (TPSA) is 94.7 Å². The number of halogens is 2. The fraction of sp³-hybridized carbons (Fsp3) is 0.545. The Morgan fingerprint density at radius 2 is 1.41 bits per heavy atom. The van der Waals surface area contributed by atoms with Crippen molar-refractivity contribution in [3.63, 3.8) is 0 Å². The van der Waals surface area contributed by atoms with Crippen LogP contribution in [0.15, 0.2) is 33.9 Å². The van der Waals surface area contributed by atoms with Gasteiger partial charge >= 0.3 is 0 Å². The largest absolute Gasteiger partial charge is 0.383 e. The smallest absolute Gasteiger partial charge is 0.217 e. The summed E-state index contributed by atoms with van der Waals surface area (Å²) in [6.07, 6.45) is 6.20. The molecular formula is C22H36Br2N6O4. The summed E-state index contributed by atoms with van der Waals surface area (Å²) in [4.78, 5) is 26.3. The number of methoxy groups -OCH3 is 2. The van der Waals surface area contributed by atoms with Gasteiger partial charge in [-0.3, -0.25) is 23.9 Å². The van der Waals surface area contributed by atoms with Crippen LogP contribution in [-0.2, 0) is 22.6 Å². The molecule has 2 aromatic rings. The van der Waals surface area contributed by atoms with Crippen LogP contribution in [-0.4, -0.2) is 89.8 Å². The summed E-state index contributed by atoms with van der Waals surface area (Å²) in [7, 11) is 10.7. The fourth-order valence-electron chi connectivity index (χ4n) is 2.41. The lowest BCUT2D eigenvalue weighted by Gasteiger charge is -2.19. The molecule has 2 aromatic heterocycles. The monoisotopic (exact) mass is 606 g/mol. The van der Waals surface area contributed by atoms with Crippen LogP contribution < -0.4 is 0 Å². The van der Waals surface area contributed by atoms with Crippen molar-refractivity contribution in [3.05, 3.63) is 45.0 Å². The summed E-state index contributed by atoms with van der Waals surface area (Å²) in [5.41, 5.74) is 1.24. The number of Topliss-reactive ketones (excluding diaryl/α,β-unsaturated/α-hetero) is 1. The van der Waals surface area contributed by atoms with E-state index in [4.69, 9.17) is 9.47 Å². The lowest BCUT2D eigenvalue weighted by Crippen LogP contribution is -2.30. The van der Waals surface area contributed by atoms with E-state index in [1.54, 1.807) is 42.2 Å². The zero-order chi connectivity index (χ0) is 26.4. The third-order valence-electron chi connectivity index (χ3n) is 4.14. The van der Waals surface area contributed by atoms with Crippen molar-refractivity contribution >= 4 is 43.4 Å². The molecule has 0 radical (unpaired) electrons. The number of carbonyl (C=O) groups is 2. The summed E-state index contributed by atoms with van der Waals surface area (Å²) in [6, 6.07) is 0. The molecule has 0 atom stereocenters. The number of rotatable bonds is 9. The molecule has 2 rings (SSSR count). The van der Waals surface area contributed by atoms with E-state index in [1.807, 2.05) is 51.8 Å². The number of allylic oxidation sites excluding steroid dienone is 1. The Hall–Kier alpha value is -1.86. The number of ether oxygens (including phenoxy) is 2. The van der Waals surface area contributed by atoms with E-state index >= 15 is 0 Å². The fourth-order valence-corrected chi connectivity index (χ4v) is 3.77. The van der Waals surface area contributed by atoms with Crippen LogP contribution in [0.2, 0.25) is 0 Å². The Balaban J connectivity index is 0.000000507. The third kappa shape index (κ3) is 10.6. The van der Waals surface area contributed by atoms with E-state index in [9.17, 15) is 9.59 Å². The minimum absolute atomic E-state index is 0.0385. The van der Waals surface area contributed by atoms with Crippen molar-refractivity contribution in [2.24, 2.45) is 0 Å². The molecule has 10 nitrogen and oxygen atoms in total. The number of aromatic nitrogens is 4. The molecule has 192 valence electrons. The first-order valence-electron chi connectivity index (χ1n) is 10.5. The average Bonchev–Trinajstić information content (AvgIpc) is 3.35. The van der Waals surface area contributed by atoms with Gasteiger partial charge in [0.2, 0.25) is 6.41 Å². The minimum Gasteiger partial charge on any atom is -0.383 e. The Labute approximate surface area is 219 Å². The molecular weight excluding hydrogens is 572 g/mol. The van der Waals surface area contributed by atoms with Gasteiger partial charge in [0, 0.05) is 53.7 Å². The first-order valence-corrected chi connectivity index (χ1v) is 12.1.